The highest BCUT2D eigenvalue weighted by atomic mass is 16.4. The Morgan fingerprint density at radius 1 is 1.06 bits per heavy atom. The fourth-order valence-electron chi connectivity index (χ4n) is 1.18. The van der Waals surface area contributed by atoms with E-state index in [9.17, 15) is 9.59 Å². The van der Waals surface area contributed by atoms with Gasteiger partial charge in [0.05, 0.1) is 0 Å². The Balaban J connectivity index is 3.82. The largest absolute Gasteiger partial charge is 0.480 e. The van der Waals surface area contributed by atoms with E-state index in [4.69, 9.17) is 5.11 Å². The van der Waals surface area contributed by atoms with Gasteiger partial charge < -0.3 is 15.7 Å². The van der Waals surface area contributed by atoms with Crippen LogP contribution in [0.5, 0.6) is 0 Å². The second-order valence-electron chi connectivity index (χ2n) is 4.55. The van der Waals surface area contributed by atoms with Crippen LogP contribution in [0.25, 0.3) is 0 Å². The lowest BCUT2D eigenvalue weighted by Gasteiger charge is -2.17. The van der Waals surface area contributed by atoms with Gasteiger partial charge in [-0.1, -0.05) is 13.8 Å². The van der Waals surface area contributed by atoms with Gasteiger partial charge in [-0.3, -0.25) is 4.79 Å². The molecule has 5 heteroatoms. The molecule has 1 unspecified atom stereocenters. The molecule has 0 aliphatic rings. The van der Waals surface area contributed by atoms with Crippen LogP contribution < -0.4 is 10.6 Å². The number of hydrogen-bond donors (Lipinski definition) is 3. The first-order valence-corrected chi connectivity index (χ1v) is 5.62. The van der Waals surface area contributed by atoms with Crippen molar-refractivity contribution in [1.82, 2.24) is 10.6 Å². The van der Waals surface area contributed by atoms with Crippen molar-refractivity contribution in [3.05, 3.63) is 0 Å². The van der Waals surface area contributed by atoms with Crippen molar-refractivity contribution in [1.29, 1.82) is 0 Å². The summed E-state index contributed by atoms with van der Waals surface area (Å²) in [6.07, 6.45) is 1.93. The molecule has 0 rings (SSSR count). The van der Waals surface area contributed by atoms with Crippen LogP contribution in [0, 0.1) is 5.92 Å². The zero-order valence-corrected chi connectivity index (χ0v) is 10.4. The first kappa shape index (κ1) is 14.7. The lowest BCUT2D eigenvalue weighted by atomic mass is 10.0. The van der Waals surface area contributed by atoms with Crippen molar-refractivity contribution in [2.24, 2.45) is 5.92 Å². The maximum absolute atomic E-state index is 11.3. The molecular formula is C11H22N2O3. The summed E-state index contributed by atoms with van der Waals surface area (Å²) < 4.78 is 0. The second kappa shape index (κ2) is 7.09. The Hall–Kier alpha value is -1.26. The maximum atomic E-state index is 11.3. The zero-order chi connectivity index (χ0) is 12.7. The van der Waals surface area contributed by atoms with Crippen LogP contribution in [0.1, 0.15) is 40.5 Å². The molecule has 5 nitrogen and oxygen atoms in total. The lowest BCUT2D eigenvalue weighted by molar-refractivity contribution is -0.138. The van der Waals surface area contributed by atoms with Gasteiger partial charge in [0.2, 0.25) is 0 Å². The number of amides is 2. The smallest absolute Gasteiger partial charge is 0.325 e. The molecule has 94 valence electrons. The molecule has 0 heterocycles. The van der Waals surface area contributed by atoms with Crippen molar-refractivity contribution in [3.63, 3.8) is 0 Å². The summed E-state index contributed by atoms with van der Waals surface area (Å²) in [5.41, 5.74) is 0. The number of carbonyl (C=O) groups is 2. The van der Waals surface area contributed by atoms with Crippen LogP contribution in [0.3, 0.4) is 0 Å². The zero-order valence-electron chi connectivity index (χ0n) is 10.4. The summed E-state index contributed by atoms with van der Waals surface area (Å²) in [6, 6.07) is -1.23. The number of carboxylic acid groups (broad SMARTS) is 1. The average Bonchev–Trinajstić information content (AvgIpc) is 2.14. The molecule has 0 fully saturated rings. The van der Waals surface area contributed by atoms with Gasteiger partial charge in [0.1, 0.15) is 6.04 Å². The van der Waals surface area contributed by atoms with Gasteiger partial charge in [-0.15, -0.1) is 0 Å². The van der Waals surface area contributed by atoms with E-state index in [2.05, 4.69) is 24.5 Å². The molecule has 2 amide bonds. The van der Waals surface area contributed by atoms with Crippen LogP contribution in [0.15, 0.2) is 0 Å². The topological polar surface area (TPSA) is 78.4 Å². The Morgan fingerprint density at radius 2 is 1.62 bits per heavy atom. The molecule has 0 aromatic carbocycles. The first-order valence-electron chi connectivity index (χ1n) is 5.62. The molecule has 0 aliphatic carbocycles. The SMILES string of the molecule is CC(C)CCC(C)NC(=O)N[C@H](C)C(=O)O. The predicted octanol–water partition coefficient (Wildman–Crippen LogP) is 1.58. The van der Waals surface area contributed by atoms with Crippen LogP contribution in [0.2, 0.25) is 0 Å². The van der Waals surface area contributed by atoms with Gasteiger partial charge in [0, 0.05) is 6.04 Å². The molecule has 0 aromatic heterocycles. The monoisotopic (exact) mass is 230 g/mol. The molecule has 0 spiro atoms. The van der Waals surface area contributed by atoms with Gasteiger partial charge in [-0.25, -0.2) is 4.79 Å². The van der Waals surface area contributed by atoms with E-state index in [1.54, 1.807) is 0 Å². The van der Waals surface area contributed by atoms with Crippen LogP contribution >= 0.6 is 0 Å². The maximum Gasteiger partial charge on any atom is 0.325 e. The summed E-state index contributed by atoms with van der Waals surface area (Å²) in [4.78, 5) is 21.8. The Kier molecular flexibility index (Phi) is 6.53. The molecule has 2 atom stereocenters. The highest BCUT2D eigenvalue weighted by molar-refractivity contribution is 5.82. The van der Waals surface area contributed by atoms with E-state index in [0.29, 0.717) is 5.92 Å². The minimum absolute atomic E-state index is 0.0587. The number of hydrogen-bond acceptors (Lipinski definition) is 2. The highest BCUT2D eigenvalue weighted by Gasteiger charge is 2.15. The molecular weight excluding hydrogens is 208 g/mol. The van der Waals surface area contributed by atoms with Gasteiger partial charge in [0.25, 0.3) is 0 Å². The normalized spacial score (nSPS) is 14.3. The third-order valence-electron chi connectivity index (χ3n) is 2.27. The summed E-state index contributed by atoms with van der Waals surface area (Å²) in [5, 5.41) is 13.7. The second-order valence-corrected chi connectivity index (χ2v) is 4.55. The number of rotatable bonds is 6. The molecule has 0 saturated carbocycles. The molecule has 0 aliphatic heterocycles. The van der Waals surface area contributed by atoms with E-state index in [1.165, 1.54) is 6.92 Å². The fraction of sp³-hybridized carbons (Fsp3) is 0.818. The standard InChI is InChI=1S/C11H22N2O3/c1-7(2)5-6-8(3)12-11(16)13-9(4)10(14)15/h7-9H,5-6H2,1-4H3,(H,14,15)(H2,12,13,16)/t8?,9-/m1/s1. The fourth-order valence-corrected chi connectivity index (χ4v) is 1.18. The quantitative estimate of drug-likeness (QED) is 0.648. The van der Waals surface area contributed by atoms with Crippen molar-refractivity contribution in [3.8, 4) is 0 Å². The van der Waals surface area contributed by atoms with E-state index >= 15 is 0 Å². The summed E-state index contributed by atoms with van der Waals surface area (Å²) in [6.45, 7) is 7.59. The number of nitrogens with one attached hydrogen (secondary N) is 2. The van der Waals surface area contributed by atoms with Crippen molar-refractivity contribution in [2.75, 3.05) is 0 Å². The average molecular weight is 230 g/mol. The Bertz CT molecular complexity index is 241. The van der Waals surface area contributed by atoms with Crippen molar-refractivity contribution < 1.29 is 14.7 Å². The van der Waals surface area contributed by atoms with E-state index in [-0.39, 0.29) is 6.04 Å². The van der Waals surface area contributed by atoms with Crippen molar-refractivity contribution >= 4 is 12.0 Å². The third-order valence-corrected chi connectivity index (χ3v) is 2.27. The molecule has 0 radical (unpaired) electrons. The van der Waals surface area contributed by atoms with Crippen LogP contribution in [-0.2, 0) is 4.79 Å². The van der Waals surface area contributed by atoms with Gasteiger partial charge in [-0.05, 0) is 32.6 Å². The Morgan fingerprint density at radius 3 is 2.06 bits per heavy atom. The summed E-state index contributed by atoms with van der Waals surface area (Å²) >= 11 is 0. The van der Waals surface area contributed by atoms with Crippen molar-refractivity contribution in [2.45, 2.75) is 52.6 Å². The Labute approximate surface area is 96.6 Å². The third kappa shape index (κ3) is 7.09. The van der Waals surface area contributed by atoms with Gasteiger partial charge >= 0.3 is 12.0 Å². The highest BCUT2D eigenvalue weighted by Crippen LogP contribution is 2.06. The van der Waals surface area contributed by atoms with Crippen LogP contribution in [-0.4, -0.2) is 29.2 Å². The molecule has 0 bridgehead atoms. The van der Waals surface area contributed by atoms with Gasteiger partial charge in [-0.2, -0.15) is 0 Å². The molecule has 0 aromatic rings. The first-order chi connectivity index (χ1) is 7.32. The van der Waals surface area contributed by atoms with E-state index in [0.717, 1.165) is 12.8 Å². The summed E-state index contributed by atoms with van der Waals surface area (Å²) in [7, 11) is 0. The predicted molar refractivity (Wildman–Crippen MR) is 62.3 cm³/mol. The summed E-state index contributed by atoms with van der Waals surface area (Å²) in [5.74, 6) is -0.435. The van der Waals surface area contributed by atoms with E-state index < -0.39 is 18.0 Å². The molecule has 16 heavy (non-hydrogen) atoms. The number of aliphatic carboxylic acids is 1. The lowest BCUT2D eigenvalue weighted by Crippen LogP contribution is -2.47. The minimum Gasteiger partial charge on any atom is -0.480 e. The molecule has 3 N–H and O–H groups in total. The number of carboxylic acids is 1. The van der Waals surface area contributed by atoms with E-state index in [1.807, 2.05) is 6.92 Å². The molecule has 0 saturated heterocycles. The number of carbonyl (C=O) groups excluding carboxylic acids is 1. The minimum atomic E-state index is -1.04. The van der Waals surface area contributed by atoms with Crippen LogP contribution in [0.4, 0.5) is 4.79 Å². The number of urea groups is 1. The van der Waals surface area contributed by atoms with Gasteiger partial charge in [0.15, 0.2) is 0 Å².